The molecule has 0 aromatic rings. The summed E-state index contributed by atoms with van der Waals surface area (Å²) in [5.41, 5.74) is -0.109. The number of hydrogen-bond donors (Lipinski definition) is 0. The molecule has 0 heterocycles. The molecular weight excluding hydrogens is 324 g/mol. The number of esters is 2. The SMILES string of the molecule is COC(=O)CC1(C)CCCC(O[Si](C)(C)C(C)(C)C)=C1C(=O)OC. The van der Waals surface area contributed by atoms with E-state index in [4.69, 9.17) is 13.9 Å². The molecule has 0 bridgehead atoms. The van der Waals surface area contributed by atoms with E-state index in [1.54, 1.807) is 0 Å². The third kappa shape index (κ3) is 4.40. The zero-order chi connectivity index (χ0) is 18.8. The van der Waals surface area contributed by atoms with Gasteiger partial charge in [0.25, 0.3) is 0 Å². The molecule has 0 aromatic carbocycles. The fourth-order valence-corrected chi connectivity index (χ4v) is 3.94. The average Bonchev–Trinajstić information content (AvgIpc) is 2.44. The molecule has 138 valence electrons. The number of carbonyl (C=O) groups is 2. The summed E-state index contributed by atoms with van der Waals surface area (Å²) in [7, 11) is 0.646. The first-order valence-electron chi connectivity index (χ1n) is 8.46. The van der Waals surface area contributed by atoms with Crippen LogP contribution < -0.4 is 0 Å². The first-order valence-corrected chi connectivity index (χ1v) is 11.4. The molecule has 0 fully saturated rings. The second kappa shape index (κ2) is 7.29. The van der Waals surface area contributed by atoms with Gasteiger partial charge in [0.1, 0.15) is 0 Å². The zero-order valence-corrected chi connectivity index (χ0v) is 17.4. The predicted octanol–water partition coefficient (Wildman–Crippen LogP) is 4.19. The van der Waals surface area contributed by atoms with Crippen molar-refractivity contribution >= 4 is 20.3 Å². The third-order valence-electron chi connectivity index (χ3n) is 5.35. The van der Waals surface area contributed by atoms with Crippen LogP contribution in [0.15, 0.2) is 11.3 Å². The monoisotopic (exact) mass is 356 g/mol. The van der Waals surface area contributed by atoms with Crippen LogP contribution in [-0.4, -0.2) is 34.5 Å². The Balaban J connectivity index is 3.35. The zero-order valence-electron chi connectivity index (χ0n) is 16.4. The van der Waals surface area contributed by atoms with Gasteiger partial charge >= 0.3 is 11.9 Å². The Kier molecular flexibility index (Phi) is 6.30. The Labute approximate surface area is 146 Å². The summed E-state index contributed by atoms with van der Waals surface area (Å²) in [6, 6.07) is 0. The largest absolute Gasteiger partial charge is 0.546 e. The molecule has 0 amide bonds. The van der Waals surface area contributed by atoms with E-state index in [2.05, 4.69) is 33.9 Å². The van der Waals surface area contributed by atoms with Gasteiger partial charge in [-0.1, -0.05) is 27.7 Å². The Bertz CT molecular complexity index is 530. The van der Waals surface area contributed by atoms with Crippen molar-refractivity contribution in [1.82, 2.24) is 0 Å². The predicted molar refractivity (Wildman–Crippen MR) is 95.9 cm³/mol. The van der Waals surface area contributed by atoms with Crippen LogP contribution in [0.25, 0.3) is 0 Å². The summed E-state index contributed by atoms with van der Waals surface area (Å²) < 4.78 is 16.3. The van der Waals surface area contributed by atoms with Crippen molar-refractivity contribution < 1.29 is 23.5 Å². The quantitative estimate of drug-likeness (QED) is 0.546. The van der Waals surface area contributed by atoms with E-state index >= 15 is 0 Å². The highest BCUT2D eigenvalue weighted by atomic mass is 28.4. The van der Waals surface area contributed by atoms with Crippen molar-refractivity contribution in [3.8, 4) is 0 Å². The van der Waals surface area contributed by atoms with E-state index in [-0.39, 0.29) is 17.4 Å². The smallest absolute Gasteiger partial charge is 0.337 e. The Morgan fingerprint density at radius 3 is 2.21 bits per heavy atom. The number of hydrogen-bond acceptors (Lipinski definition) is 5. The fourth-order valence-electron chi connectivity index (χ4n) is 2.82. The molecule has 0 N–H and O–H groups in total. The van der Waals surface area contributed by atoms with E-state index in [0.29, 0.717) is 17.8 Å². The van der Waals surface area contributed by atoms with Crippen LogP contribution in [0.5, 0.6) is 0 Å². The van der Waals surface area contributed by atoms with Crippen molar-refractivity contribution in [2.24, 2.45) is 5.41 Å². The molecule has 1 atom stereocenters. The highest BCUT2D eigenvalue weighted by Crippen LogP contribution is 2.47. The van der Waals surface area contributed by atoms with Gasteiger partial charge in [-0.2, -0.15) is 0 Å². The van der Waals surface area contributed by atoms with E-state index in [0.717, 1.165) is 12.8 Å². The van der Waals surface area contributed by atoms with Gasteiger partial charge in [-0.15, -0.1) is 0 Å². The number of methoxy groups -OCH3 is 2. The molecule has 0 radical (unpaired) electrons. The van der Waals surface area contributed by atoms with Gasteiger partial charge in [-0.05, 0) is 31.0 Å². The molecule has 5 nitrogen and oxygen atoms in total. The minimum atomic E-state index is -2.09. The molecule has 1 unspecified atom stereocenters. The lowest BCUT2D eigenvalue weighted by atomic mass is 9.71. The van der Waals surface area contributed by atoms with Gasteiger partial charge in [0.15, 0.2) is 0 Å². The van der Waals surface area contributed by atoms with E-state index in [9.17, 15) is 9.59 Å². The number of rotatable bonds is 5. The maximum absolute atomic E-state index is 12.5. The molecule has 1 rings (SSSR count). The summed E-state index contributed by atoms with van der Waals surface area (Å²) in [5.74, 6) is -0.0339. The van der Waals surface area contributed by atoms with Crippen LogP contribution in [-0.2, 0) is 23.5 Å². The highest BCUT2D eigenvalue weighted by molar-refractivity contribution is 6.74. The molecule has 1 aliphatic carbocycles. The normalized spacial score (nSPS) is 22.2. The Morgan fingerprint density at radius 2 is 1.75 bits per heavy atom. The summed E-state index contributed by atoms with van der Waals surface area (Å²) in [6.45, 7) is 12.7. The van der Waals surface area contributed by atoms with Gasteiger partial charge in [0, 0.05) is 11.8 Å². The first kappa shape index (κ1) is 20.7. The fraction of sp³-hybridized carbons (Fsp3) is 0.778. The minimum absolute atomic E-state index is 0.0252. The minimum Gasteiger partial charge on any atom is -0.546 e. The van der Waals surface area contributed by atoms with Crippen LogP contribution in [0.3, 0.4) is 0 Å². The third-order valence-corrected chi connectivity index (χ3v) is 9.72. The molecule has 1 aliphatic rings. The topological polar surface area (TPSA) is 61.8 Å². The second-order valence-electron chi connectivity index (χ2n) is 8.32. The maximum Gasteiger partial charge on any atom is 0.337 e. The lowest BCUT2D eigenvalue weighted by Crippen LogP contribution is -2.42. The summed E-state index contributed by atoms with van der Waals surface area (Å²) in [6.07, 6.45) is 2.46. The van der Waals surface area contributed by atoms with Crippen molar-refractivity contribution in [3.63, 3.8) is 0 Å². The Morgan fingerprint density at radius 1 is 1.17 bits per heavy atom. The maximum atomic E-state index is 12.5. The van der Waals surface area contributed by atoms with Gasteiger partial charge < -0.3 is 13.9 Å². The number of carbonyl (C=O) groups excluding carboxylic acids is 2. The van der Waals surface area contributed by atoms with Crippen LogP contribution in [0.2, 0.25) is 18.1 Å². The summed E-state index contributed by atoms with van der Waals surface area (Å²) >= 11 is 0. The van der Waals surface area contributed by atoms with E-state index in [1.807, 2.05) is 6.92 Å². The summed E-state index contributed by atoms with van der Waals surface area (Å²) in [4.78, 5) is 24.4. The molecule has 0 saturated heterocycles. The average molecular weight is 357 g/mol. The van der Waals surface area contributed by atoms with Gasteiger partial charge in [-0.25, -0.2) is 4.79 Å². The highest BCUT2D eigenvalue weighted by Gasteiger charge is 2.45. The van der Waals surface area contributed by atoms with Crippen LogP contribution in [0, 0.1) is 5.41 Å². The van der Waals surface area contributed by atoms with Gasteiger partial charge in [-0.3, -0.25) is 4.79 Å². The van der Waals surface area contributed by atoms with E-state index < -0.39 is 19.7 Å². The number of ether oxygens (including phenoxy) is 2. The molecule has 6 heteroatoms. The first-order chi connectivity index (χ1) is 10.9. The Hall–Kier alpha value is -1.30. The van der Waals surface area contributed by atoms with Crippen molar-refractivity contribution in [2.75, 3.05) is 14.2 Å². The lowest BCUT2D eigenvalue weighted by Gasteiger charge is -2.42. The van der Waals surface area contributed by atoms with Gasteiger partial charge in [0.2, 0.25) is 8.32 Å². The van der Waals surface area contributed by atoms with Crippen molar-refractivity contribution in [1.29, 1.82) is 0 Å². The van der Waals surface area contributed by atoms with Crippen molar-refractivity contribution in [3.05, 3.63) is 11.3 Å². The van der Waals surface area contributed by atoms with Crippen LogP contribution in [0.1, 0.15) is 53.4 Å². The molecule has 0 saturated carbocycles. The second-order valence-corrected chi connectivity index (χ2v) is 13.0. The molecule has 0 aliphatic heterocycles. The molecule has 24 heavy (non-hydrogen) atoms. The molecular formula is C18H32O5Si. The summed E-state index contributed by atoms with van der Waals surface area (Å²) in [5, 5.41) is 0.0252. The number of allylic oxidation sites excluding steroid dienone is 1. The van der Waals surface area contributed by atoms with Crippen LogP contribution in [0.4, 0.5) is 0 Å². The van der Waals surface area contributed by atoms with Crippen molar-refractivity contribution in [2.45, 2.75) is 71.5 Å². The molecule has 0 spiro atoms. The van der Waals surface area contributed by atoms with Gasteiger partial charge in [0.05, 0.1) is 32.0 Å². The van der Waals surface area contributed by atoms with Crippen LogP contribution >= 0.6 is 0 Å². The molecule has 0 aromatic heterocycles. The lowest BCUT2D eigenvalue weighted by molar-refractivity contribution is -0.144. The van der Waals surface area contributed by atoms with E-state index in [1.165, 1.54) is 14.2 Å². The standard InChI is InChI=1S/C18H32O5Si/c1-17(2,3)24(7,8)23-13-10-9-11-18(4,12-14(19)21-5)15(13)16(20)22-6/h9-12H2,1-8H3.